The Morgan fingerprint density at radius 3 is 2.56 bits per heavy atom. The summed E-state index contributed by atoms with van der Waals surface area (Å²) >= 11 is -2.16. The average molecular weight is 353 g/mol. The first-order chi connectivity index (χ1) is 8.34. The van der Waals surface area contributed by atoms with Crippen molar-refractivity contribution in [1.82, 2.24) is 9.55 Å². The fourth-order valence-corrected chi connectivity index (χ4v) is 4.90. The van der Waals surface area contributed by atoms with Gasteiger partial charge in [-0.3, -0.25) is 0 Å². The Labute approximate surface area is 111 Å². The van der Waals surface area contributed by atoms with Crippen LogP contribution in [0.5, 0.6) is 0 Å². The molecule has 0 bridgehead atoms. The molecule has 0 aliphatic rings. The van der Waals surface area contributed by atoms with Crippen LogP contribution in [0.25, 0.3) is 11.0 Å². The Balaban J connectivity index is 2.62. The molecular formula is C13H18N2O2Sn. The van der Waals surface area contributed by atoms with Gasteiger partial charge in [0, 0.05) is 0 Å². The molecule has 0 aromatic carbocycles. The van der Waals surface area contributed by atoms with Gasteiger partial charge in [-0.15, -0.1) is 0 Å². The SMILES string of the molecule is COC(=O)c1cc2n[c]([Sn]([CH3])([CH3])[CH3])ccc2n1C. The topological polar surface area (TPSA) is 44.1 Å². The van der Waals surface area contributed by atoms with Gasteiger partial charge in [-0.05, 0) is 0 Å². The van der Waals surface area contributed by atoms with Gasteiger partial charge in [0.15, 0.2) is 0 Å². The number of aryl methyl sites for hydroxylation is 1. The molecule has 0 saturated heterocycles. The van der Waals surface area contributed by atoms with Crippen LogP contribution in [0.3, 0.4) is 0 Å². The third kappa shape index (κ3) is 2.25. The van der Waals surface area contributed by atoms with Gasteiger partial charge >= 0.3 is 111 Å². The molecule has 0 unspecified atom stereocenters. The fraction of sp³-hybridized carbons (Fsp3) is 0.385. The molecule has 2 rings (SSSR count). The van der Waals surface area contributed by atoms with Gasteiger partial charge in [-0.25, -0.2) is 0 Å². The van der Waals surface area contributed by atoms with Crippen LogP contribution in [0.2, 0.25) is 14.8 Å². The Morgan fingerprint density at radius 1 is 1.33 bits per heavy atom. The second kappa shape index (κ2) is 4.57. The fourth-order valence-electron chi connectivity index (χ4n) is 1.93. The van der Waals surface area contributed by atoms with Crippen LogP contribution in [0.15, 0.2) is 18.2 Å². The molecule has 18 heavy (non-hydrogen) atoms. The van der Waals surface area contributed by atoms with E-state index >= 15 is 0 Å². The number of aromatic nitrogens is 2. The van der Waals surface area contributed by atoms with E-state index in [1.807, 2.05) is 23.7 Å². The molecule has 0 aliphatic carbocycles. The summed E-state index contributed by atoms with van der Waals surface area (Å²) in [7, 11) is 3.25. The van der Waals surface area contributed by atoms with E-state index in [4.69, 9.17) is 9.72 Å². The van der Waals surface area contributed by atoms with Gasteiger partial charge in [-0.1, -0.05) is 0 Å². The van der Waals surface area contributed by atoms with Crippen molar-refractivity contribution < 1.29 is 9.53 Å². The summed E-state index contributed by atoms with van der Waals surface area (Å²) in [6, 6.07) is 5.95. The van der Waals surface area contributed by atoms with E-state index < -0.39 is 18.4 Å². The van der Waals surface area contributed by atoms with Crippen molar-refractivity contribution in [3.63, 3.8) is 0 Å². The molecule has 0 aliphatic heterocycles. The number of methoxy groups -OCH3 is 1. The number of carbonyl (C=O) groups excluding carboxylic acids is 1. The van der Waals surface area contributed by atoms with Crippen molar-refractivity contribution >= 4 is 39.1 Å². The Hall–Kier alpha value is -1.04. The molecule has 0 N–H and O–H groups in total. The maximum atomic E-state index is 11.6. The van der Waals surface area contributed by atoms with Crippen LogP contribution in [0.1, 0.15) is 10.5 Å². The molecule has 0 fully saturated rings. The van der Waals surface area contributed by atoms with E-state index in [2.05, 4.69) is 20.9 Å². The third-order valence-corrected chi connectivity index (χ3v) is 8.24. The van der Waals surface area contributed by atoms with Crippen molar-refractivity contribution in [3.05, 3.63) is 23.9 Å². The van der Waals surface area contributed by atoms with E-state index in [0.29, 0.717) is 5.69 Å². The number of hydrogen-bond donors (Lipinski definition) is 0. The summed E-state index contributed by atoms with van der Waals surface area (Å²) in [6.45, 7) is 0. The van der Waals surface area contributed by atoms with E-state index in [1.165, 1.54) is 10.8 Å². The second-order valence-electron chi connectivity index (χ2n) is 5.43. The van der Waals surface area contributed by atoms with Gasteiger partial charge in [0.1, 0.15) is 0 Å². The predicted octanol–water partition coefficient (Wildman–Crippen LogP) is 1.91. The quantitative estimate of drug-likeness (QED) is 0.612. The minimum atomic E-state index is -2.16. The van der Waals surface area contributed by atoms with Gasteiger partial charge < -0.3 is 0 Å². The van der Waals surface area contributed by atoms with E-state index in [9.17, 15) is 4.79 Å². The summed E-state index contributed by atoms with van der Waals surface area (Å²) < 4.78 is 7.82. The zero-order valence-electron chi connectivity index (χ0n) is 11.4. The van der Waals surface area contributed by atoms with E-state index in [1.54, 1.807) is 0 Å². The number of fused-ring (bicyclic) bond motifs is 1. The molecule has 5 heteroatoms. The first-order valence-corrected chi connectivity index (χ1v) is 15.9. The van der Waals surface area contributed by atoms with Crippen molar-refractivity contribution in [3.8, 4) is 0 Å². The molecular weight excluding hydrogens is 335 g/mol. The summed E-state index contributed by atoms with van der Waals surface area (Å²) in [4.78, 5) is 23.3. The summed E-state index contributed by atoms with van der Waals surface area (Å²) in [5, 5.41) is 0. The monoisotopic (exact) mass is 354 g/mol. The first kappa shape index (κ1) is 13.4. The number of pyridine rings is 1. The number of rotatable bonds is 2. The molecule has 0 atom stereocenters. The molecule has 0 radical (unpaired) electrons. The predicted molar refractivity (Wildman–Crippen MR) is 75.0 cm³/mol. The molecule has 2 heterocycles. The summed E-state index contributed by atoms with van der Waals surface area (Å²) in [6.07, 6.45) is 0. The summed E-state index contributed by atoms with van der Waals surface area (Å²) in [5.74, 6) is -0.323. The zero-order valence-corrected chi connectivity index (χ0v) is 14.3. The van der Waals surface area contributed by atoms with Crippen molar-refractivity contribution in [2.45, 2.75) is 14.8 Å². The van der Waals surface area contributed by atoms with Crippen molar-refractivity contribution in [1.29, 1.82) is 0 Å². The first-order valence-electron chi connectivity index (χ1n) is 5.90. The van der Waals surface area contributed by atoms with Crippen LogP contribution in [0.4, 0.5) is 0 Å². The molecule has 2 aromatic rings. The van der Waals surface area contributed by atoms with Gasteiger partial charge in [-0.2, -0.15) is 0 Å². The van der Waals surface area contributed by atoms with Gasteiger partial charge in [0.2, 0.25) is 0 Å². The van der Waals surface area contributed by atoms with Gasteiger partial charge in [0.05, 0.1) is 0 Å². The zero-order chi connectivity index (χ0) is 13.5. The van der Waals surface area contributed by atoms with E-state index in [0.717, 1.165) is 11.0 Å². The molecule has 0 amide bonds. The Kier molecular flexibility index (Phi) is 3.40. The summed E-state index contributed by atoms with van der Waals surface area (Å²) in [5.41, 5.74) is 2.39. The van der Waals surface area contributed by atoms with Crippen LogP contribution in [0, 0.1) is 0 Å². The third-order valence-electron chi connectivity index (χ3n) is 3.06. The standard InChI is InChI=1S/C10H9N2O2.3CH3.Sn/c1-12-8-4-3-5-11-7(8)6-9(12)10(13)14-2;;;;/h3-4,6H,1-2H3;3*1H3;. The second-order valence-corrected chi connectivity index (χ2v) is 19.7. The molecule has 2 aromatic heterocycles. The number of esters is 1. The molecule has 0 saturated carbocycles. The van der Waals surface area contributed by atoms with Crippen molar-refractivity contribution in [2.75, 3.05) is 7.11 Å². The van der Waals surface area contributed by atoms with Crippen molar-refractivity contribution in [2.24, 2.45) is 7.05 Å². The average Bonchev–Trinajstić information content (AvgIpc) is 2.64. The van der Waals surface area contributed by atoms with Crippen LogP contribution in [-0.2, 0) is 11.8 Å². The normalized spacial score (nSPS) is 11.8. The maximum absolute atomic E-state index is 11.6. The van der Waals surface area contributed by atoms with Gasteiger partial charge in [0.25, 0.3) is 0 Å². The van der Waals surface area contributed by atoms with E-state index in [-0.39, 0.29) is 5.97 Å². The Morgan fingerprint density at radius 2 is 2.00 bits per heavy atom. The number of ether oxygens (including phenoxy) is 1. The number of carbonyl (C=O) groups is 1. The minimum absolute atomic E-state index is 0.323. The molecule has 96 valence electrons. The van der Waals surface area contributed by atoms with Crippen LogP contribution < -0.4 is 3.71 Å². The number of hydrogen-bond acceptors (Lipinski definition) is 3. The van der Waals surface area contributed by atoms with Crippen LogP contribution in [-0.4, -0.2) is 41.0 Å². The number of nitrogens with zero attached hydrogens (tertiary/aromatic N) is 2. The molecule has 4 nitrogen and oxygen atoms in total. The molecule has 0 spiro atoms. The Bertz CT molecular complexity index is 611. The van der Waals surface area contributed by atoms with Crippen LogP contribution >= 0.6 is 0 Å².